The Balaban J connectivity index is 1.86. The van der Waals surface area contributed by atoms with Gasteiger partial charge in [0.15, 0.2) is 0 Å². The fourth-order valence-corrected chi connectivity index (χ4v) is 3.25. The van der Waals surface area contributed by atoms with Crippen LogP contribution in [0.4, 0.5) is 0 Å². The van der Waals surface area contributed by atoms with Crippen molar-refractivity contribution in [3.05, 3.63) is 65.2 Å². The summed E-state index contributed by atoms with van der Waals surface area (Å²) < 4.78 is 0. The predicted octanol–water partition coefficient (Wildman–Crippen LogP) is 2.05. The topological polar surface area (TPSA) is 33.5 Å². The summed E-state index contributed by atoms with van der Waals surface area (Å²) in [7, 11) is 4.27. The lowest BCUT2D eigenvalue weighted by Gasteiger charge is -2.13. The number of amides is 1. The first-order chi connectivity index (χ1) is 11.1. The molecule has 23 heavy (non-hydrogen) atoms. The fourth-order valence-electron chi connectivity index (χ4n) is 2.39. The standard InChI is InChI=1S/C19H24N2OS/c1-15-8-4-7-11-18(15)23-14-19(22)20-12-16-9-5-6-10-17(16)13-21(2)3/h4-11H,12-14H2,1-3H3,(H,20,22)/p+1. The minimum Gasteiger partial charge on any atom is -0.351 e. The number of rotatable bonds is 7. The van der Waals surface area contributed by atoms with Gasteiger partial charge >= 0.3 is 0 Å². The number of hydrogen-bond donors (Lipinski definition) is 2. The SMILES string of the molecule is Cc1ccccc1SCC(=O)NCc1ccccc1C[NH+](C)C. The predicted molar refractivity (Wildman–Crippen MR) is 96.7 cm³/mol. The Labute approximate surface area is 143 Å². The zero-order valence-electron chi connectivity index (χ0n) is 14.1. The molecule has 2 N–H and O–H groups in total. The Morgan fingerprint density at radius 1 is 1.04 bits per heavy atom. The first-order valence-electron chi connectivity index (χ1n) is 7.87. The average molecular weight is 329 g/mol. The molecule has 0 unspecified atom stereocenters. The van der Waals surface area contributed by atoms with Gasteiger partial charge in [0, 0.05) is 17.0 Å². The Kier molecular flexibility index (Phi) is 6.68. The highest BCUT2D eigenvalue weighted by Crippen LogP contribution is 2.21. The molecular weight excluding hydrogens is 304 g/mol. The Morgan fingerprint density at radius 2 is 1.70 bits per heavy atom. The van der Waals surface area contributed by atoms with Gasteiger partial charge in [-0.3, -0.25) is 4.79 Å². The molecule has 0 heterocycles. The molecule has 0 atom stereocenters. The summed E-state index contributed by atoms with van der Waals surface area (Å²) in [5, 5.41) is 3.03. The van der Waals surface area contributed by atoms with Gasteiger partial charge in [-0.1, -0.05) is 42.5 Å². The van der Waals surface area contributed by atoms with Crippen molar-refractivity contribution >= 4 is 17.7 Å². The quantitative estimate of drug-likeness (QED) is 0.762. The molecule has 0 aliphatic rings. The van der Waals surface area contributed by atoms with Crippen molar-refractivity contribution < 1.29 is 9.69 Å². The fraction of sp³-hybridized carbons (Fsp3) is 0.316. The smallest absolute Gasteiger partial charge is 0.230 e. The van der Waals surface area contributed by atoms with Crippen LogP contribution in [-0.2, 0) is 17.9 Å². The van der Waals surface area contributed by atoms with Crippen LogP contribution in [0.5, 0.6) is 0 Å². The summed E-state index contributed by atoms with van der Waals surface area (Å²) >= 11 is 1.59. The number of aryl methyl sites for hydroxylation is 1. The molecular formula is C19H25N2OS+. The highest BCUT2D eigenvalue weighted by atomic mass is 32.2. The van der Waals surface area contributed by atoms with Crippen LogP contribution in [0.15, 0.2) is 53.4 Å². The largest absolute Gasteiger partial charge is 0.351 e. The zero-order chi connectivity index (χ0) is 16.7. The minimum absolute atomic E-state index is 0.0743. The highest BCUT2D eigenvalue weighted by Gasteiger charge is 2.08. The van der Waals surface area contributed by atoms with Gasteiger partial charge in [-0.15, -0.1) is 11.8 Å². The summed E-state index contributed by atoms with van der Waals surface area (Å²) in [5.74, 6) is 0.525. The van der Waals surface area contributed by atoms with E-state index in [1.807, 2.05) is 18.2 Å². The number of hydrogen-bond acceptors (Lipinski definition) is 2. The molecule has 122 valence electrons. The van der Waals surface area contributed by atoms with Crippen LogP contribution >= 0.6 is 11.8 Å². The van der Waals surface area contributed by atoms with E-state index in [1.54, 1.807) is 11.8 Å². The number of carbonyl (C=O) groups excluding carboxylic acids is 1. The third kappa shape index (κ3) is 5.73. The van der Waals surface area contributed by atoms with E-state index < -0.39 is 0 Å². The number of carbonyl (C=O) groups is 1. The molecule has 2 aromatic carbocycles. The van der Waals surface area contributed by atoms with E-state index in [0.717, 1.165) is 6.54 Å². The van der Waals surface area contributed by atoms with Gasteiger partial charge in [0.2, 0.25) is 5.91 Å². The molecule has 0 fully saturated rings. The van der Waals surface area contributed by atoms with Crippen LogP contribution in [0, 0.1) is 6.92 Å². The Morgan fingerprint density at radius 3 is 2.39 bits per heavy atom. The molecule has 2 rings (SSSR count). The summed E-state index contributed by atoms with van der Waals surface area (Å²) in [4.78, 5) is 14.6. The van der Waals surface area contributed by atoms with Crippen molar-refractivity contribution in [1.29, 1.82) is 0 Å². The second-order valence-electron chi connectivity index (χ2n) is 5.98. The van der Waals surface area contributed by atoms with Gasteiger partial charge in [-0.2, -0.15) is 0 Å². The maximum atomic E-state index is 12.1. The summed E-state index contributed by atoms with van der Waals surface area (Å²) in [5.41, 5.74) is 3.70. The molecule has 0 bridgehead atoms. The Bertz CT molecular complexity index is 655. The molecule has 0 saturated carbocycles. The lowest BCUT2D eigenvalue weighted by Crippen LogP contribution is -3.04. The van der Waals surface area contributed by atoms with Crippen LogP contribution in [0.2, 0.25) is 0 Å². The van der Waals surface area contributed by atoms with Crippen LogP contribution in [0.3, 0.4) is 0 Å². The lowest BCUT2D eigenvalue weighted by atomic mass is 10.1. The molecule has 3 nitrogen and oxygen atoms in total. The number of quaternary nitrogens is 1. The summed E-state index contributed by atoms with van der Waals surface area (Å²) in [6.07, 6.45) is 0. The molecule has 0 saturated heterocycles. The molecule has 0 spiro atoms. The van der Waals surface area contributed by atoms with Gasteiger partial charge in [0.05, 0.1) is 19.8 Å². The van der Waals surface area contributed by atoms with Crippen molar-refractivity contribution in [2.24, 2.45) is 0 Å². The maximum absolute atomic E-state index is 12.1. The second-order valence-corrected chi connectivity index (χ2v) is 7.00. The molecule has 0 aromatic heterocycles. The molecule has 4 heteroatoms. The van der Waals surface area contributed by atoms with E-state index >= 15 is 0 Å². The number of benzene rings is 2. The minimum atomic E-state index is 0.0743. The van der Waals surface area contributed by atoms with Crippen LogP contribution in [0.25, 0.3) is 0 Å². The van der Waals surface area contributed by atoms with E-state index in [2.05, 4.69) is 56.7 Å². The maximum Gasteiger partial charge on any atom is 0.230 e. The average Bonchev–Trinajstić information content (AvgIpc) is 2.53. The molecule has 1 amide bonds. The molecule has 0 radical (unpaired) electrons. The Hall–Kier alpha value is -1.78. The number of nitrogens with one attached hydrogen (secondary N) is 2. The normalized spacial score (nSPS) is 10.8. The van der Waals surface area contributed by atoms with Crippen molar-refractivity contribution in [2.45, 2.75) is 24.9 Å². The van der Waals surface area contributed by atoms with E-state index in [0.29, 0.717) is 12.3 Å². The second kappa shape index (κ2) is 8.75. The summed E-state index contributed by atoms with van der Waals surface area (Å²) in [6.45, 7) is 3.63. The van der Waals surface area contributed by atoms with Gasteiger partial charge in [0.1, 0.15) is 6.54 Å². The van der Waals surface area contributed by atoms with Crippen LogP contribution < -0.4 is 10.2 Å². The highest BCUT2D eigenvalue weighted by molar-refractivity contribution is 8.00. The monoisotopic (exact) mass is 329 g/mol. The van der Waals surface area contributed by atoms with Crippen molar-refractivity contribution in [2.75, 3.05) is 19.8 Å². The number of thioether (sulfide) groups is 1. The van der Waals surface area contributed by atoms with E-state index in [4.69, 9.17) is 0 Å². The molecule has 0 aliphatic carbocycles. The third-order valence-electron chi connectivity index (χ3n) is 3.59. The zero-order valence-corrected chi connectivity index (χ0v) is 14.9. The van der Waals surface area contributed by atoms with Gasteiger partial charge in [-0.05, 0) is 24.1 Å². The third-order valence-corrected chi connectivity index (χ3v) is 4.77. The van der Waals surface area contributed by atoms with Gasteiger partial charge in [0.25, 0.3) is 0 Å². The molecule has 2 aromatic rings. The van der Waals surface area contributed by atoms with E-state index in [1.165, 1.54) is 26.5 Å². The lowest BCUT2D eigenvalue weighted by molar-refractivity contribution is -0.872. The van der Waals surface area contributed by atoms with Gasteiger partial charge in [-0.25, -0.2) is 0 Å². The summed E-state index contributed by atoms with van der Waals surface area (Å²) in [6, 6.07) is 16.5. The first kappa shape index (κ1) is 17.6. The van der Waals surface area contributed by atoms with E-state index in [-0.39, 0.29) is 5.91 Å². The van der Waals surface area contributed by atoms with Crippen molar-refractivity contribution in [3.63, 3.8) is 0 Å². The van der Waals surface area contributed by atoms with Gasteiger partial charge < -0.3 is 10.2 Å². The van der Waals surface area contributed by atoms with Crippen molar-refractivity contribution in [3.8, 4) is 0 Å². The van der Waals surface area contributed by atoms with Crippen LogP contribution in [-0.4, -0.2) is 25.8 Å². The van der Waals surface area contributed by atoms with E-state index in [9.17, 15) is 4.79 Å². The van der Waals surface area contributed by atoms with Crippen LogP contribution in [0.1, 0.15) is 16.7 Å². The molecule has 0 aliphatic heterocycles. The first-order valence-corrected chi connectivity index (χ1v) is 8.85. The van der Waals surface area contributed by atoms with Crippen molar-refractivity contribution in [1.82, 2.24) is 5.32 Å².